The lowest BCUT2D eigenvalue weighted by Gasteiger charge is -2.33. The van der Waals surface area contributed by atoms with E-state index in [1.54, 1.807) is 0 Å². The van der Waals surface area contributed by atoms with Gasteiger partial charge in [-0.25, -0.2) is 13.2 Å². The highest BCUT2D eigenvalue weighted by Crippen LogP contribution is 2.44. The fourth-order valence-electron chi connectivity index (χ4n) is 5.80. The van der Waals surface area contributed by atoms with Crippen molar-refractivity contribution in [2.45, 2.75) is 56.8 Å². The number of ketones is 1. The average molecular weight is 494 g/mol. The third-order valence-electron chi connectivity index (χ3n) is 7.71. The van der Waals surface area contributed by atoms with Crippen molar-refractivity contribution in [1.29, 1.82) is 0 Å². The molecular weight excluding hydrogens is 463 g/mol. The smallest absolute Gasteiger partial charge is 0.265 e. The molecule has 0 spiro atoms. The van der Waals surface area contributed by atoms with Gasteiger partial charge in [-0.15, -0.1) is 0 Å². The van der Waals surface area contributed by atoms with Gasteiger partial charge < -0.3 is 15.5 Å². The maximum absolute atomic E-state index is 15.8. The number of nitrogens with one attached hydrogen (secondary N) is 2. The molecule has 1 aromatic rings. The van der Waals surface area contributed by atoms with E-state index in [9.17, 15) is 28.0 Å². The molecule has 0 radical (unpaired) electrons. The van der Waals surface area contributed by atoms with Gasteiger partial charge in [-0.1, -0.05) is 18.6 Å². The van der Waals surface area contributed by atoms with E-state index >= 15 is 4.39 Å². The van der Waals surface area contributed by atoms with Crippen LogP contribution in [-0.2, 0) is 24.8 Å². The van der Waals surface area contributed by atoms with Crippen LogP contribution in [0.1, 0.15) is 44.6 Å². The van der Waals surface area contributed by atoms with E-state index in [1.807, 2.05) is 0 Å². The number of amides is 3. The summed E-state index contributed by atoms with van der Waals surface area (Å²) in [6, 6.07) is 2.46. The standard InChI is InChI=1S/C25H30F3N3O4/c1-25(28,16-5-3-6-17(27)11-16)24(35)31-13-15-4-2-7-18(15)21(31)23(34)30-19(20(32)12-26)10-14-8-9-29-22(14)33/h3,5-6,11,14-15,18-19,21H,2,4,7-10,12-13H2,1H3,(H,29,33)(H,30,34)/t14-,15+,18+,19-,21-,25+/m1/s1. The van der Waals surface area contributed by atoms with E-state index < -0.39 is 53.8 Å². The predicted octanol–water partition coefficient (Wildman–Crippen LogP) is 2.19. The maximum Gasteiger partial charge on any atom is 0.265 e. The largest absolute Gasteiger partial charge is 0.356 e. The molecule has 1 aromatic carbocycles. The van der Waals surface area contributed by atoms with Gasteiger partial charge in [0.05, 0.1) is 6.04 Å². The van der Waals surface area contributed by atoms with Crippen LogP contribution >= 0.6 is 0 Å². The minimum absolute atomic E-state index is 0.00561. The first-order valence-corrected chi connectivity index (χ1v) is 12.1. The molecule has 4 rings (SSSR count). The molecule has 2 heterocycles. The summed E-state index contributed by atoms with van der Waals surface area (Å²) in [5.74, 6) is -4.17. The van der Waals surface area contributed by atoms with Crippen LogP contribution in [0, 0.1) is 23.6 Å². The normalized spacial score (nSPS) is 28.2. The van der Waals surface area contributed by atoms with Crippen molar-refractivity contribution in [1.82, 2.24) is 15.5 Å². The number of Topliss-reactive ketones (excluding diaryl/α,β-unsaturated/α-hetero) is 1. The van der Waals surface area contributed by atoms with E-state index in [1.165, 1.54) is 17.0 Å². The van der Waals surface area contributed by atoms with Crippen LogP contribution in [0.4, 0.5) is 13.2 Å². The van der Waals surface area contributed by atoms with E-state index in [0.717, 1.165) is 31.9 Å². The lowest BCUT2D eigenvalue weighted by atomic mass is 9.91. The molecule has 2 N–H and O–H groups in total. The van der Waals surface area contributed by atoms with Crippen LogP contribution in [0.15, 0.2) is 24.3 Å². The monoisotopic (exact) mass is 493 g/mol. The molecule has 7 nitrogen and oxygen atoms in total. The van der Waals surface area contributed by atoms with Gasteiger partial charge in [0.25, 0.3) is 5.91 Å². The fourth-order valence-corrected chi connectivity index (χ4v) is 5.80. The van der Waals surface area contributed by atoms with E-state index in [2.05, 4.69) is 10.6 Å². The highest BCUT2D eigenvalue weighted by atomic mass is 19.1. The fraction of sp³-hybridized carbons (Fsp3) is 0.600. The number of hydrogen-bond acceptors (Lipinski definition) is 4. The number of nitrogens with zero attached hydrogens (tertiary/aromatic N) is 1. The third kappa shape index (κ3) is 4.92. The van der Waals surface area contributed by atoms with Crippen LogP contribution in [0.3, 0.4) is 0 Å². The van der Waals surface area contributed by atoms with Gasteiger partial charge in [-0.2, -0.15) is 0 Å². The van der Waals surface area contributed by atoms with E-state index in [0.29, 0.717) is 19.4 Å². The molecule has 0 unspecified atom stereocenters. The van der Waals surface area contributed by atoms with Crippen molar-refractivity contribution in [2.75, 3.05) is 19.8 Å². The first kappa shape index (κ1) is 25.2. The molecule has 6 atom stereocenters. The Bertz CT molecular complexity index is 1020. The minimum atomic E-state index is -2.57. The summed E-state index contributed by atoms with van der Waals surface area (Å²) >= 11 is 0. The number of carbonyl (C=O) groups is 4. The number of benzene rings is 1. The first-order chi connectivity index (χ1) is 16.6. The molecule has 190 valence electrons. The Morgan fingerprint density at radius 2 is 2.03 bits per heavy atom. The number of hydrogen-bond donors (Lipinski definition) is 2. The van der Waals surface area contributed by atoms with Crippen LogP contribution in [0.2, 0.25) is 0 Å². The second kappa shape index (κ2) is 9.99. The van der Waals surface area contributed by atoms with Crippen molar-refractivity contribution in [3.05, 3.63) is 35.6 Å². The number of halogens is 3. The highest BCUT2D eigenvalue weighted by Gasteiger charge is 2.53. The van der Waals surface area contributed by atoms with Gasteiger partial charge in [-0.05, 0) is 56.6 Å². The molecule has 3 fully saturated rings. The Morgan fingerprint density at radius 1 is 1.26 bits per heavy atom. The Labute approximate surface area is 201 Å². The number of carbonyl (C=O) groups excluding carboxylic acids is 4. The summed E-state index contributed by atoms with van der Waals surface area (Å²) in [7, 11) is 0. The van der Waals surface area contributed by atoms with Gasteiger partial charge in [0, 0.05) is 24.6 Å². The molecule has 0 aromatic heterocycles. The molecule has 0 bridgehead atoms. The lowest BCUT2D eigenvalue weighted by molar-refractivity contribution is -0.149. The zero-order chi connectivity index (χ0) is 25.3. The lowest BCUT2D eigenvalue weighted by Crippen LogP contribution is -2.55. The average Bonchev–Trinajstić information content (AvgIpc) is 3.53. The van der Waals surface area contributed by atoms with Gasteiger partial charge in [0.15, 0.2) is 5.78 Å². The van der Waals surface area contributed by atoms with Crippen molar-refractivity contribution in [3.63, 3.8) is 0 Å². The van der Waals surface area contributed by atoms with E-state index in [4.69, 9.17) is 0 Å². The summed E-state index contributed by atoms with van der Waals surface area (Å²) in [5.41, 5.74) is -2.73. The Morgan fingerprint density at radius 3 is 2.69 bits per heavy atom. The zero-order valence-corrected chi connectivity index (χ0v) is 19.6. The summed E-state index contributed by atoms with van der Waals surface area (Å²) < 4.78 is 42.8. The molecule has 35 heavy (non-hydrogen) atoms. The molecule has 10 heteroatoms. The first-order valence-electron chi connectivity index (χ1n) is 12.1. The number of fused-ring (bicyclic) bond motifs is 1. The SMILES string of the molecule is C[C@@](F)(C(=O)N1C[C@@H]2CCC[C@@H]2[C@@H]1C(=O)N[C@H](C[C@H]1CCNC1=O)C(=O)CF)c1cccc(F)c1. The van der Waals surface area contributed by atoms with Crippen LogP contribution in [0.25, 0.3) is 0 Å². The molecule has 3 amide bonds. The van der Waals surface area contributed by atoms with Gasteiger partial charge in [0.2, 0.25) is 17.5 Å². The summed E-state index contributed by atoms with van der Waals surface area (Å²) in [6.45, 7) is 0.350. The molecule has 2 aliphatic heterocycles. The predicted molar refractivity (Wildman–Crippen MR) is 120 cm³/mol. The Kier molecular flexibility index (Phi) is 7.19. The quantitative estimate of drug-likeness (QED) is 0.581. The van der Waals surface area contributed by atoms with Crippen molar-refractivity contribution in [3.8, 4) is 0 Å². The van der Waals surface area contributed by atoms with Crippen molar-refractivity contribution < 1.29 is 32.3 Å². The summed E-state index contributed by atoms with van der Waals surface area (Å²) in [6.07, 6.45) is 2.71. The molecule has 2 saturated heterocycles. The van der Waals surface area contributed by atoms with Gasteiger partial charge in [-0.3, -0.25) is 19.2 Å². The Balaban J connectivity index is 1.57. The third-order valence-corrected chi connectivity index (χ3v) is 7.71. The molecule has 1 saturated carbocycles. The molecular formula is C25H30F3N3O4. The highest BCUT2D eigenvalue weighted by molar-refractivity contribution is 5.96. The van der Waals surface area contributed by atoms with Gasteiger partial charge in [0.1, 0.15) is 18.5 Å². The maximum atomic E-state index is 15.8. The van der Waals surface area contributed by atoms with Crippen LogP contribution in [0.5, 0.6) is 0 Å². The molecule has 3 aliphatic rings. The molecule has 1 aliphatic carbocycles. The second-order valence-electron chi connectivity index (χ2n) is 9.94. The van der Waals surface area contributed by atoms with Crippen LogP contribution < -0.4 is 10.6 Å². The van der Waals surface area contributed by atoms with Crippen LogP contribution in [-0.4, -0.2) is 60.3 Å². The summed E-state index contributed by atoms with van der Waals surface area (Å²) in [5, 5.41) is 5.22. The van der Waals surface area contributed by atoms with Gasteiger partial charge >= 0.3 is 0 Å². The van der Waals surface area contributed by atoms with Crippen molar-refractivity contribution in [2.24, 2.45) is 17.8 Å². The topological polar surface area (TPSA) is 95.6 Å². The summed E-state index contributed by atoms with van der Waals surface area (Å²) in [4.78, 5) is 52.3. The number of rotatable bonds is 8. The number of alkyl halides is 2. The van der Waals surface area contributed by atoms with Crippen molar-refractivity contribution >= 4 is 23.5 Å². The second-order valence-corrected chi connectivity index (χ2v) is 9.94. The zero-order valence-electron chi connectivity index (χ0n) is 19.6. The number of likely N-dealkylation sites (tertiary alicyclic amines) is 1. The minimum Gasteiger partial charge on any atom is -0.356 e. The Hall–Kier alpha value is -2.91. The van der Waals surface area contributed by atoms with E-state index in [-0.39, 0.29) is 36.3 Å².